The van der Waals surface area contributed by atoms with Gasteiger partial charge in [-0.25, -0.2) is 0 Å². The van der Waals surface area contributed by atoms with E-state index in [1.807, 2.05) is 0 Å². The predicted octanol–water partition coefficient (Wildman–Crippen LogP) is 7.78. The van der Waals surface area contributed by atoms with Gasteiger partial charge in [-0.1, -0.05) is 187 Å². The number of anilines is 3. The summed E-state index contributed by atoms with van der Waals surface area (Å²) in [5.41, 5.74) is 8.71. The molecule has 0 atom stereocenters. The summed E-state index contributed by atoms with van der Waals surface area (Å²) >= 11 is 0. The van der Waals surface area contributed by atoms with Crippen LogP contribution in [0.25, 0.3) is 11.1 Å². The topological polar surface area (TPSA) is 12.5 Å². The van der Waals surface area contributed by atoms with Gasteiger partial charge < -0.3 is 9.64 Å². The summed E-state index contributed by atoms with van der Waals surface area (Å²) in [5, 5.41) is 10.0. The largest absolute Gasteiger partial charge is 0.458 e. The van der Waals surface area contributed by atoms with Gasteiger partial charge in [0.05, 0.1) is 11.4 Å². The first-order valence-corrected chi connectivity index (χ1v) is 22.7. The molecule has 3 aliphatic heterocycles. The maximum absolute atomic E-state index is 6.73. The smallest absolute Gasteiger partial charge is 0.188 e. The molecule has 261 valence electrons. The lowest BCUT2D eigenvalue weighted by Gasteiger charge is -2.45. The van der Waals surface area contributed by atoms with E-state index in [0.717, 1.165) is 11.5 Å². The Hall–Kier alpha value is -6.21. The fourth-order valence-electron chi connectivity index (χ4n) is 9.81. The van der Waals surface area contributed by atoms with E-state index in [-0.39, 0.29) is 5.41 Å². The summed E-state index contributed by atoms with van der Waals surface area (Å²) in [6.07, 6.45) is 0. The van der Waals surface area contributed by atoms with E-state index < -0.39 is 16.9 Å². The van der Waals surface area contributed by atoms with Gasteiger partial charge in [-0.15, -0.1) is 0 Å². The van der Waals surface area contributed by atoms with Crippen LogP contribution in [0.5, 0.6) is 11.5 Å². The maximum atomic E-state index is 6.73. The average Bonchev–Trinajstić information content (AvgIpc) is 3.24. The van der Waals surface area contributed by atoms with Gasteiger partial charge in [0.15, 0.2) is 16.9 Å². The highest BCUT2D eigenvalue weighted by Crippen LogP contribution is 2.51. The fraction of sp³-hybridized carbons (Fsp3) is 0.0588. The van der Waals surface area contributed by atoms with Crippen molar-refractivity contribution in [2.75, 3.05) is 4.90 Å². The van der Waals surface area contributed by atoms with Crippen molar-refractivity contribution >= 4 is 70.2 Å². The molecule has 1 spiro atoms. The highest BCUT2D eigenvalue weighted by molar-refractivity contribution is 7.27. The Morgan fingerprint density at radius 2 is 0.964 bits per heavy atom. The Kier molecular flexibility index (Phi) is 7.13. The van der Waals surface area contributed by atoms with Gasteiger partial charge in [0.25, 0.3) is 0 Å². The number of nitrogens with zero attached hydrogens (tertiary/aromatic N) is 1. The van der Waals surface area contributed by atoms with Crippen molar-refractivity contribution < 1.29 is 4.74 Å². The van der Waals surface area contributed by atoms with Crippen LogP contribution in [-0.4, -0.2) is 16.9 Å². The summed E-state index contributed by atoms with van der Waals surface area (Å²) in [4.78, 5) is 2.44. The molecule has 0 fully saturated rings. The molecule has 8 aromatic rings. The molecule has 0 unspecified atom stereocenters. The van der Waals surface area contributed by atoms with E-state index in [1.165, 1.54) is 75.6 Å². The number of benzene rings is 8. The van der Waals surface area contributed by atoms with E-state index in [0.29, 0.717) is 0 Å². The van der Waals surface area contributed by atoms with Crippen LogP contribution in [0.4, 0.5) is 17.1 Å². The van der Waals surface area contributed by atoms with Crippen LogP contribution in [0.1, 0.15) is 25.0 Å². The minimum Gasteiger partial charge on any atom is -0.458 e. The van der Waals surface area contributed by atoms with Gasteiger partial charge in [-0.3, -0.25) is 0 Å². The summed E-state index contributed by atoms with van der Waals surface area (Å²) < 4.78 is 6.73. The minimum atomic E-state index is -2.83. The lowest BCUT2D eigenvalue weighted by Crippen LogP contribution is -2.87. The summed E-state index contributed by atoms with van der Waals surface area (Å²) in [6, 6.07) is 72.6. The van der Waals surface area contributed by atoms with Crippen LogP contribution < -0.4 is 45.9 Å². The van der Waals surface area contributed by atoms with E-state index in [4.69, 9.17) is 4.74 Å². The monoisotopic (exact) mass is 736 g/mol. The molecule has 3 aliphatic rings. The van der Waals surface area contributed by atoms with Crippen LogP contribution in [-0.2, 0) is 5.41 Å². The second-order valence-electron chi connectivity index (χ2n) is 15.4. The number of rotatable bonds is 3. The predicted molar refractivity (Wildman–Crippen MR) is 233 cm³/mol. The third-order valence-electron chi connectivity index (χ3n) is 12.3. The van der Waals surface area contributed by atoms with Crippen LogP contribution in [0.3, 0.4) is 0 Å². The molecule has 11 rings (SSSR count). The molecular weight excluding hydrogens is 699 g/mol. The zero-order chi connectivity index (χ0) is 36.7. The molecule has 8 aromatic carbocycles. The number of hydrogen-bond donors (Lipinski definition) is 0. The SMILES string of the molecule is CC1(C)c2ccccc2N(c2ccc(-c3ccc4c(c3)[Si]3(c5ccccc5Oc5ccccc53)c3ccccc3[Si]4c3ccccc3)cc2)c2ccccc21. The molecule has 0 aliphatic carbocycles. The summed E-state index contributed by atoms with van der Waals surface area (Å²) in [7, 11) is -4.14. The first-order valence-electron chi connectivity index (χ1n) is 19.2. The number of hydrogen-bond acceptors (Lipinski definition) is 2. The molecule has 4 heteroatoms. The van der Waals surface area contributed by atoms with Crippen molar-refractivity contribution in [3.05, 3.63) is 205 Å². The van der Waals surface area contributed by atoms with Gasteiger partial charge in [0.1, 0.15) is 11.5 Å². The van der Waals surface area contributed by atoms with Crippen molar-refractivity contribution in [1.29, 1.82) is 0 Å². The Morgan fingerprint density at radius 3 is 1.62 bits per heavy atom. The molecule has 0 amide bonds. The van der Waals surface area contributed by atoms with Gasteiger partial charge in [-0.2, -0.15) is 0 Å². The highest BCUT2D eigenvalue weighted by atomic mass is 28.3. The number of ether oxygens (including phenoxy) is 1. The molecular formula is C51H38NOSi2. The molecule has 0 N–H and O–H groups in total. The molecule has 0 saturated heterocycles. The lowest BCUT2D eigenvalue weighted by atomic mass is 9.73. The quantitative estimate of drug-likeness (QED) is 0.172. The first kappa shape index (κ1) is 32.2. The first-order chi connectivity index (χ1) is 27.0. The standard InChI is InChI=1S/C51H38NOSi2/c1-51(2)39-18-6-8-20-41(39)52(42-21-9-7-19-40(42)51)37-31-28-35(29-32-37)36-30-33-46-50(34-36)55(47-25-13-10-22-43(47)53-44-23-11-14-26-48(44)55)49-27-15-12-24-45(49)54(46)38-16-4-3-5-17-38/h3-34H,1-2H3. The van der Waals surface area contributed by atoms with Crippen LogP contribution in [0, 0.1) is 0 Å². The third kappa shape index (κ3) is 4.59. The molecule has 0 aromatic heterocycles. The number of fused-ring (bicyclic) bond motifs is 10. The summed E-state index contributed by atoms with van der Waals surface area (Å²) in [6.45, 7) is 4.69. The van der Waals surface area contributed by atoms with E-state index >= 15 is 0 Å². The second kappa shape index (κ2) is 12.2. The Bertz CT molecular complexity index is 2700. The number of para-hydroxylation sites is 4. The average molecular weight is 737 g/mol. The summed E-state index contributed by atoms with van der Waals surface area (Å²) in [5.74, 6) is 1.95. The van der Waals surface area contributed by atoms with E-state index in [9.17, 15) is 0 Å². The van der Waals surface area contributed by atoms with Gasteiger partial charge in [0.2, 0.25) is 0 Å². The Morgan fingerprint density at radius 1 is 0.455 bits per heavy atom. The van der Waals surface area contributed by atoms with Crippen LogP contribution >= 0.6 is 0 Å². The van der Waals surface area contributed by atoms with E-state index in [2.05, 4.69) is 213 Å². The van der Waals surface area contributed by atoms with Crippen LogP contribution in [0.2, 0.25) is 0 Å². The second-order valence-corrected chi connectivity index (χ2v) is 21.5. The normalized spacial score (nSPS) is 15.4. The fourth-order valence-corrected chi connectivity index (χ4v) is 19.5. The van der Waals surface area contributed by atoms with E-state index in [1.54, 1.807) is 0 Å². The molecule has 0 bridgehead atoms. The molecule has 0 saturated carbocycles. The Balaban J connectivity index is 1.13. The minimum absolute atomic E-state index is 0.0906. The molecule has 1 radical (unpaired) electrons. The molecule has 55 heavy (non-hydrogen) atoms. The third-order valence-corrected chi connectivity index (χ3v) is 20.5. The Labute approximate surface area is 325 Å². The zero-order valence-corrected chi connectivity index (χ0v) is 32.8. The van der Waals surface area contributed by atoms with Crippen molar-refractivity contribution in [3.63, 3.8) is 0 Å². The van der Waals surface area contributed by atoms with Gasteiger partial charge in [-0.05, 0) is 79.4 Å². The van der Waals surface area contributed by atoms with Crippen molar-refractivity contribution in [3.8, 4) is 22.6 Å². The van der Waals surface area contributed by atoms with Crippen molar-refractivity contribution in [1.82, 2.24) is 0 Å². The maximum Gasteiger partial charge on any atom is 0.188 e. The van der Waals surface area contributed by atoms with Gasteiger partial charge in [0, 0.05) is 11.1 Å². The van der Waals surface area contributed by atoms with Crippen molar-refractivity contribution in [2.45, 2.75) is 19.3 Å². The van der Waals surface area contributed by atoms with Gasteiger partial charge >= 0.3 is 0 Å². The zero-order valence-electron chi connectivity index (χ0n) is 30.8. The van der Waals surface area contributed by atoms with Crippen molar-refractivity contribution in [2.24, 2.45) is 0 Å². The van der Waals surface area contributed by atoms with Crippen LogP contribution in [0.15, 0.2) is 194 Å². The highest BCUT2D eigenvalue weighted by Gasteiger charge is 2.54. The molecule has 2 nitrogen and oxygen atoms in total. The molecule has 3 heterocycles. The lowest BCUT2D eigenvalue weighted by molar-refractivity contribution is 0.487.